The Morgan fingerprint density at radius 1 is 1.06 bits per heavy atom. The van der Waals surface area contributed by atoms with Gasteiger partial charge in [-0.05, 0) is 68.4 Å². The largest absolute Gasteiger partial charge is 0.305 e. The van der Waals surface area contributed by atoms with Crippen molar-refractivity contribution in [2.45, 2.75) is 26.8 Å². The van der Waals surface area contributed by atoms with Crippen LogP contribution in [-0.2, 0) is 6.54 Å². The molecule has 0 spiro atoms. The monoisotopic (exact) mass is 434 g/mol. The molecule has 0 radical (unpaired) electrons. The summed E-state index contributed by atoms with van der Waals surface area (Å²) >= 11 is 6.38. The van der Waals surface area contributed by atoms with Crippen LogP contribution in [0.4, 0.5) is 0 Å². The number of aromatic nitrogens is 3. The van der Waals surface area contributed by atoms with E-state index in [-0.39, 0.29) is 5.56 Å². The molecule has 0 aliphatic rings. The lowest BCUT2D eigenvalue weighted by molar-refractivity contribution is 0.315. The second kappa shape index (κ2) is 9.08. The van der Waals surface area contributed by atoms with Crippen molar-refractivity contribution >= 4 is 22.5 Å². The highest BCUT2D eigenvalue weighted by atomic mass is 35.5. The van der Waals surface area contributed by atoms with Crippen molar-refractivity contribution in [1.29, 1.82) is 0 Å². The molecule has 0 aliphatic carbocycles. The van der Waals surface area contributed by atoms with Crippen molar-refractivity contribution in [1.82, 2.24) is 19.2 Å². The van der Waals surface area contributed by atoms with Gasteiger partial charge < -0.3 is 4.90 Å². The van der Waals surface area contributed by atoms with E-state index in [9.17, 15) is 4.79 Å². The summed E-state index contributed by atoms with van der Waals surface area (Å²) in [6.07, 6.45) is 4.81. The highest BCUT2D eigenvalue weighted by molar-refractivity contribution is 6.33. The van der Waals surface area contributed by atoms with Gasteiger partial charge >= 0.3 is 0 Å². The molecule has 0 fully saturated rings. The normalized spacial score (nSPS) is 11.5. The van der Waals surface area contributed by atoms with Gasteiger partial charge in [0.15, 0.2) is 0 Å². The summed E-state index contributed by atoms with van der Waals surface area (Å²) in [5, 5.41) is 6.21. The molecule has 160 valence electrons. The number of halogens is 1. The third-order valence-electron chi connectivity index (χ3n) is 5.56. The van der Waals surface area contributed by atoms with Gasteiger partial charge in [-0.2, -0.15) is 5.10 Å². The van der Waals surface area contributed by atoms with Gasteiger partial charge in [-0.15, -0.1) is 0 Å². The summed E-state index contributed by atoms with van der Waals surface area (Å²) < 4.78 is 3.67. The fraction of sp³-hybridized carbons (Fsp3) is 0.280. The molecule has 0 atom stereocenters. The van der Waals surface area contributed by atoms with Gasteiger partial charge in [-0.1, -0.05) is 30.7 Å². The quantitative estimate of drug-likeness (QED) is 0.403. The van der Waals surface area contributed by atoms with Gasteiger partial charge in [0.1, 0.15) is 0 Å². The third-order valence-corrected chi connectivity index (χ3v) is 5.87. The minimum Gasteiger partial charge on any atom is -0.305 e. The van der Waals surface area contributed by atoms with Gasteiger partial charge in [0.25, 0.3) is 5.56 Å². The van der Waals surface area contributed by atoms with Crippen LogP contribution in [0.15, 0.2) is 65.7 Å². The second-order valence-corrected chi connectivity index (χ2v) is 8.43. The number of pyridine rings is 1. The number of hydrogen-bond acceptors (Lipinski definition) is 3. The minimum absolute atomic E-state index is 0.0953. The summed E-state index contributed by atoms with van der Waals surface area (Å²) in [5.41, 5.74) is 4.57. The van der Waals surface area contributed by atoms with Crippen molar-refractivity contribution in [2.24, 2.45) is 0 Å². The number of nitrogens with zero attached hydrogens (tertiary/aromatic N) is 4. The standard InChI is InChI=1S/C25H27ClN4O/c1-4-10-28(3)12-13-30-24-8-6-21(15-20(24)17-27-30)29-11-9-19(16-25(29)31)22-7-5-18(2)14-23(22)26/h5-9,11,14-17H,4,10,12-13H2,1-3H3. The smallest absolute Gasteiger partial charge is 0.255 e. The van der Waals surface area contributed by atoms with E-state index in [1.54, 1.807) is 16.8 Å². The predicted molar refractivity (Wildman–Crippen MR) is 128 cm³/mol. The molecule has 4 rings (SSSR count). The van der Waals surface area contributed by atoms with Crippen LogP contribution in [0.2, 0.25) is 5.02 Å². The molecule has 0 bridgehead atoms. The van der Waals surface area contributed by atoms with Crippen LogP contribution < -0.4 is 5.56 Å². The van der Waals surface area contributed by atoms with Crippen molar-refractivity contribution in [2.75, 3.05) is 20.1 Å². The first-order chi connectivity index (χ1) is 15.0. The Hall–Kier alpha value is -2.89. The van der Waals surface area contributed by atoms with E-state index < -0.39 is 0 Å². The summed E-state index contributed by atoms with van der Waals surface area (Å²) in [5.74, 6) is 0. The highest BCUT2D eigenvalue weighted by Crippen LogP contribution is 2.28. The molecule has 0 saturated heterocycles. The van der Waals surface area contributed by atoms with Gasteiger partial charge in [0.2, 0.25) is 0 Å². The first-order valence-corrected chi connectivity index (χ1v) is 11.0. The molecule has 4 aromatic rings. The first kappa shape index (κ1) is 21.3. The SMILES string of the molecule is CCCN(C)CCn1ncc2cc(-n3ccc(-c4ccc(C)cc4Cl)cc3=O)ccc21. The van der Waals surface area contributed by atoms with Crippen molar-refractivity contribution in [3.63, 3.8) is 0 Å². The van der Waals surface area contributed by atoms with Gasteiger partial charge in [-0.3, -0.25) is 14.0 Å². The van der Waals surface area contributed by atoms with Gasteiger partial charge in [0.05, 0.1) is 18.3 Å². The van der Waals surface area contributed by atoms with Crippen LogP contribution in [0, 0.1) is 6.92 Å². The minimum atomic E-state index is -0.0953. The second-order valence-electron chi connectivity index (χ2n) is 8.02. The topological polar surface area (TPSA) is 43.1 Å². The van der Waals surface area contributed by atoms with Crippen LogP contribution in [-0.4, -0.2) is 39.4 Å². The average Bonchev–Trinajstić information content (AvgIpc) is 3.14. The third kappa shape index (κ3) is 4.58. The Morgan fingerprint density at radius 3 is 2.65 bits per heavy atom. The summed E-state index contributed by atoms with van der Waals surface area (Å²) in [7, 11) is 2.13. The van der Waals surface area contributed by atoms with Crippen LogP contribution in [0.25, 0.3) is 27.7 Å². The fourth-order valence-corrected chi connectivity index (χ4v) is 4.22. The molecule has 0 saturated carbocycles. The number of likely N-dealkylation sites (N-methyl/N-ethyl adjacent to an activating group) is 1. The Balaban J connectivity index is 1.61. The summed E-state index contributed by atoms with van der Waals surface area (Å²) in [4.78, 5) is 15.2. The van der Waals surface area contributed by atoms with E-state index in [0.29, 0.717) is 5.02 Å². The molecule has 0 aliphatic heterocycles. The fourth-order valence-electron chi connectivity index (χ4n) is 3.88. The average molecular weight is 435 g/mol. The maximum Gasteiger partial charge on any atom is 0.255 e. The number of benzene rings is 2. The van der Waals surface area contributed by atoms with E-state index in [1.807, 2.05) is 60.3 Å². The lowest BCUT2D eigenvalue weighted by atomic mass is 10.1. The lowest BCUT2D eigenvalue weighted by Gasteiger charge is -2.15. The zero-order valence-corrected chi connectivity index (χ0v) is 18.9. The Kier molecular flexibility index (Phi) is 6.25. The molecule has 0 N–H and O–H groups in total. The molecule has 2 aromatic heterocycles. The summed E-state index contributed by atoms with van der Waals surface area (Å²) in [6, 6.07) is 15.4. The van der Waals surface area contributed by atoms with E-state index in [4.69, 9.17) is 11.6 Å². The first-order valence-electron chi connectivity index (χ1n) is 10.6. The molecular formula is C25H27ClN4O. The number of fused-ring (bicyclic) bond motifs is 1. The van der Waals surface area contributed by atoms with E-state index in [0.717, 1.165) is 59.3 Å². The van der Waals surface area contributed by atoms with Crippen LogP contribution in [0.3, 0.4) is 0 Å². The van der Waals surface area contributed by atoms with Crippen molar-refractivity contribution in [3.05, 3.63) is 81.9 Å². The van der Waals surface area contributed by atoms with E-state index >= 15 is 0 Å². The van der Waals surface area contributed by atoms with Crippen molar-refractivity contribution in [3.8, 4) is 16.8 Å². The lowest BCUT2D eigenvalue weighted by Crippen LogP contribution is -2.24. The molecule has 5 nitrogen and oxygen atoms in total. The maximum atomic E-state index is 12.9. The number of aryl methyl sites for hydroxylation is 1. The zero-order chi connectivity index (χ0) is 22.0. The molecule has 0 unspecified atom stereocenters. The molecule has 0 amide bonds. The van der Waals surface area contributed by atoms with E-state index in [1.165, 1.54) is 0 Å². The van der Waals surface area contributed by atoms with Crippen LogP contribution >= 0.6 is 11.6 Å². The van der Waals surface area contributed by atoms with Gasteiger partial charge in [-0.25, -0.2) is 0 Å². The Labute approximate surface area is 187 Å². The van der Waals surface area contributed by atoms with Gasteiger partial charge in [0, 0.05) is 40.5 Å². The van der Waals surface area contributed by atoms with Crippen LogP contribution in [0.5, 0.6) is 0 Å². The van der Waals surface area contributed by atoms with E-state index in [2.05, 4.69) is 24.0 Å². The number of rotatable bonds is 7. The Morgan fingerprint density at radius 2 is 1.90 bits per heavy atom. The van der Waals surface area contributed by atoms with Crippen LogP contribution in [0.1, 0.15) is 18.9 Å². The molecular weight excluding hydrogens is 408 g/mol. The summed E-state index contributed by atoms with van der Waals surface area (Å²) in [6.45, 7) is 7.05. The molecule has 2 aromatic carbocycles. The molecule has 6 heteroatoms. The molecule has 2 heterocycles. The van der Waals surface area contributed by atoms with Crippen molar-refractivity contribution < 1.29 is 0 Å². The highest BCUT2D eigenvalue weighted by Gasteiger charge is 2.09. The molecule has 31 heavy (non-hydrogen) atoms. The zero-order valence-electron chi connectivity index (χ0n) is 18.2. The maximum absolute atomic E-state index is 12.9. The predicted octanol–water partition coefficient (Wildman–Crippen LogP) is 5.16. The Bertz CT molecular complexity index is 1270. The number of hydrogen-bond donors (Lipinski definition) is 0.